The van der Waals surface area contributed by atoms with E-state index >= 15 is 0 Å². The standard InChI is InChI=1S/C21H26N2O2S/c24-14-10-18-8-5-13-23(16-18)21(25)19-9-4-12-22-20(19)26-15-11-17-6-2-1-3-7-17/h1-4,6-7,9,12,18,24H,5,8,10-11,13-16H2. The molecule has 1 aromatic carbocycles. The van der Waals surface area contributed by atoms with E-state index in [-0.39, 0.29) is 12.5 Å². The lowest BCUT2D eigenvalue weighted by atomic mass is 9.95. The van der Waals surface area contributed by atoms with Gasteiger partial charge >= 0.3 is 0 Å². The Balaban J connectivity index is 1.63. The third-order valence-electron chi connectivity index (χ3n) is 4.82. The van der Waals surface area contributed by atoms with Crippen molar-refractivity contribution in [1.29, 1.82) is 0 Å². The zero-order chi connectivity index (χ0) is 18.2. The maximum atomic E-state index is 13.0. The molecule has 5 heteroatoms. The molecule has 1 aliphatic heterocycles. The zero-order valence-corrected chi connectivity index (χ0v) is 15.8. The van der Waals surface area contributed by atoms with Gasteiger partial charge in [0.2, 0.25) is 0 Å². The van der Waals surface area contributed by atoms with Crippen LogP contribution in [0.4, 0.5) is 0 Å². The first-order valence-corrected chi connectivity index (χ1v) is 10.3. The van der Waals surface area contributed by atoms with Crippen molar-refractivity contribution in [1.82, 2.24) is 9.88 Å². The first kappa shape index (κ1) is 18.9. The van der Waals surface area contributed by atoms with Crippen LogP contribution in [0.3, 0.4) is 0 Å². The zero-order valence-electron chi connectivity index (χ0n) is 15.0. The van der Waals surface area contributed by atoms with Crippen molar-refractivity contribution in [3.8, 4) is 0 Å². The Kier molecular flexibility index (Phi) is 7.09. The van der Waals surface area contributed by atoms with Gasteiger partial charge in [0.15, 0.2) is 0 Å². The Morgan fingerprint density at radius 1 is 1.23 bits per heavy atom. The average Bonchev–Trinajstić information content (AvgIpc) is 2.69. The van der Waals surface area contributed by atoms with Crippen molar-refractivity contribution in [2.24, 2.45) is 5.92 Å². The summed E-state index contributed by atoms with van der Waals surface area (Å²) in [6, 6.07) is 14.1. The molecule has 4 nitrogen and oxygen atoms in total. The van der Waals surface area contributed by atoms with Crippen LogP contribution in [0.5, 0.6) is 0 Å². The summed E-state index contributed by atoms with van der Waals surface area (Å²) < 4.78 is 0. The van der Waals surface area contributed by atoms with Crippen LogP contribution < -0.4 is 0 Å². The van der Waals surface area contributed by atoms with Crippen molar-refractivity contribution in [2.45, 2.75) is 30.7 Å². The maximum Gasteiger partial charge on any atom is 0.256 e. The quantitative estimate of drug-likeness (QED) is 0.756. The van der Waals surface area contributed by atoms with E-state index in [9.17, 15) is 9.90 Å². The number of benzene rings is 1. The molecule has 26 heavy (non-hydrogen) atoms. The number of thioether (sulfide) groups is 1. The van der Waals surface area contributed by atoms with Gasteiger partial charge in [-0.1, -0.05) is 30.3 Å². The molecule has 3 rings (SSSR count). The predicted octanol–water partition coefficient (Wildman–Crippen LogP) is 3.65. The summed E-state index contributed by atoms with van der Waals surface area (Å²) in [6.07, 6.45) is 5.59. The van der Waals surface area contributed by atoms with Crippen LogP contribution in [0.25, 0.3) is 0 Å². The fourth-order valence-electron chi connectivity index (χ4n) is 3.42. The summed E-state index contributed by atoms with van der Waals surface area (Å²) in [5, 5.41) is 10.00. The minimum Gasteiger partial charge on any atom is -0.396 e. The highest BCUT2D eigenvalue weighted by molar-refractivity contribution is 7.99. The van der Waals surface area contributed by atoms with Crippen LogP contribution in [-0.4, -0.2) is 46.3 Å². The van der Waals surface area contributed by atoms with E-state index in [0.29, 0.717) is 11.5 Å². The van der Waals surface area contributed by atoms with Crippen LogP contribution in [0.2, 0.25) is 0 Å². The van der Waals surface area contributed by atoms with Crippen molar-refractivity contribution in [3.63, 3.8) is 0 Å². The number of carbonyl (C=O) groups excluding carboxylic acids is 1. The Morgan fingerprint density at radius 3 is 2.88 bits per heavy atom. The number of aliphatic hydroxyl groups excluding tert-OH is 1. The summed E-state index contributed by atoms with van der Waals surface area (Å²) in [6.45, 7) is 1.73. The predicted molar refractivity (Wildman–Crippen MR) is 105 cm³/mol. The molecule has 1 saturated heterocycles. The van der Waals surface area contributed by atoms with Gasteiger partial charge in [0, 0.05) is 31.6 Å². The molecule has 0 aliphatic carbocycles. The largest absolute Gasteiger partial charge is 0.396 e. The van der Waals surface area contributed by atoms with Gasteiger partial charge in [-0.2, -0.15) is 0 Å². The van der Waals surface area contributed by atoms with E-state index in [2.05, 4.69) is 29.2 Å². The summed E-state index contributed by atoms with van der Waals surface area (Å²) in [5.74, 6) is 1.38. The topological polar surface area (TPSA) is 53.4 Å². The van der Waals surface area contributed by atoms with E-state index < -0.39 is 0 Å². The second-order valence-electron chi connectivity index (χ2n) is 6.71. The second-order valence-corrected chi connectivity index (χ2v) is 7.80. The molecule has 1 amide bonds. The number of hydrogen-bond acceptors (Lipinski definition) is 4. The molecule has 0 spiro atoms. The Morgan fingerprint density at radius 2 is 2.08 bits per heavy atom. The molecule has 1 unspecified atom stereocenters. The van der Waals surface area contributed by atoms with Crippen LogP contribution in [0, 0.1) is 5.92 Å². The number of likely N-dealkylation sites (tertiary alicyclic amines) is 1. The molecule has 1 fully saturated rings. The van der Waals surface area contributed by atoms with Gasteiger partial charge in [-0.05, 0) is 49.3 Å². The molecule has 0 bridgehead atoms. The molecular weight excluding hydrogens is 344 g/mol. The molecule has 2 heterocycles. The summed E-state index contributed by atoms with van der Waals surface area (Å²) in [4.78, 5) is 19.4. The van der Waals surface area contributed by atoms with Crippen LogP contribution in [-0.2, 0) is 6.42 Å². The second kappa shape index (κ2) is 9.74. The maximum absolute atomic E-state index is 13.0. The fourth-order valence-corrected chi connectivity index (χ4v) is 4.39. The minimum atomic E-state index is 0.0722. The Hall–Kier alpha value is -1.85. The fraction of sp³-hybridized carbons (Fsp3) is 0.429. The molecule has 138 valence electrons. The molecular formula is C21H26N2O2S. The summed E-state index contributed by atoms with van der Waals surface area (Å²) in [7, 11) is 0. The van der Waals surface area contributed by atoms with E-state index in [1.165, 1.54) is 5.56 Å². The normalized spacial score (nSPS) is 17.3. The lowest BCUT2D eigenvalue weighted by molar-refractivity contribution is 0.0649. The number of rotatable bonds is 7. The van der Waals surface area contributed by atoms with Crippen LogP contribution in [0.15, 0.2) is 53.7 Å². The number of pyridine rings is 1. The molecule has 2 aromatic rings. The van der Waals surface area contributed by atoms with Crippen LogP contribution in [0.1, 0.15) is 35.2 Å². The van der Waals surface area contributed by atoms with Crippen molar-refractivity contribution < 1.29 is 9.90 Å². The van der Waals surface area contributed by atoms with E-state index in [1.807, 2.05) is 23.1 Å². The van der Waals surface area contributed by atoms with E-state index in [1.54, 1.807) is 18.0 Å². The SMILES string of the molecule is O=C(c1cccnc1SCCc1ccccc1)N1CCCC(CCO)C1. The Bertz CT molecular complexity index is 706. The summed E-state index contributed by atoms with van der Waals surface area (Å²) in [5.41, 5.74) is 2.00. The smallest absolute Gasteiger partial charge is 0.256 e. The van der Waals surface area contributed by atoms with Crippen molar-refractivity contribution in [2.75, 3.05) is 25.4 Å². The average molecular weight is 371 g/mol. The number of carbonyl (C=O) groups is 1. The Labute approximate surface area is 159 Å². The van der Waals surface area contributed by atoms with Crippen molar-refractivity contribution in [3.05, 3.63) is 59.8 Å². The third-order valence-corrected chi connectivity index (χ3v) is 5.82. The van der Waals surface area contributed by atoms with Gasteiger partial charge in [0.25, 0.3) is 5.91 Å². The number of hydrogen-bond donors (Lipinski definition) is 1. The van der Waals surface area contributed by atoms with Gasteiger partial charge in [-0.3, -0.25) is 4.79 Å². The number of nitrogens with zero attached hydrogens (tertiary/aromatic N) is 2. The minimum absolute atomic E-state index is 0.0722. The van der Waals surface area contributed by atoms with Gasteiger partial charge < -0.3 is 10.0 Å². The first-order chi connectivity index (χ1) is 12.8. The number of piperidine rings is 1. The molecule has 1 atom stereocenters. The molecule has 1 aromatic heterocycles. The molecule has 0 saturated carbocycles. The molecule has 1 N–H and O–H groups in total. The van der Waals surface area contributed by atoms with Gasteiger partial charge in [0.05, 0.1) is 5.56 Å². The monoisotopic (exact) mass is 370 g/mol. The molecule has 1 aliphatic rings. The number of aliphatic hydroxyl groups is 1. The number of aryl methyl sites for hydroxylation is 1. The first-order valence-electron chi connectivity index (χ1n) is 9.30. The lowest BCUT2D eigenvalue weighted by Crippen LogP contribution is -2.40. The van der Waals surface area contributed by atoms with Crippen LogP contribution >= 0.6 is 11.8 Å². The highest BCUT2D eigenvalue weighted by Crippen LogP contribution is 2.25. The van der Waals surface area contributed by atoms with Crippen molar-refractivity contribution >= 4 is 17.7 Å². The van der Waals surface area contributed by atoms with E-state index in [0.717, 1.165) is 49.6 Å². The number of aromatic nitrogens is 1. The van der Waals surface area contributed by atoms with E-state index in [4.69, 9.17) is 0 Å². The van der Waals surface area contributed by atoms with Gasteiger partial charge in [-0.15, -0.1) is 11.8 Å². The summed E-state index contributed by atoms with van der Waals surface area (Å²) >= 11 is 1.65. The van der Waals surface area contributed by atoms with Gasteiger partial charge in [0.1, 0.15) is 5.03 Å². The molecule has 0 radical (unpaired) electrons. The van der Waals surface area contributed by atoms with Gasteiger partial charge in [-0.25, -0.2) is 4.98 Å². The lowest BCUT2D eigenvalue weighted by Gasteiger charge is -2.32. The highest BCUT2D eigenvalue weighted by Gasteiger charge is 2.25. The highest BCUT2D eigenvalue weighted by atomic mass is 32.2. The third kappa shape index (κ3) is 5.08. The number of amides is 1.